The van der Waals surface area contributed by atoms with E-state index >= 15 is 0 Å². The molecule has 0 heterocycles. The topological polar surface area (TPSA) is 204 Å². The number of carbonyl (C=O) groups is 6. The molecule has 0 aromatic rings. The van der Waals surface area contributed by atoms with E-state index in [9.17, 15) is 39.0 Å². The van der Waals surface area contributed by atoms with Gasteiger partial charge in [0.1, 0.15) is 38.5 Å². The van der Waals surface area contributed by atoms with E-state index in [1.165, 1.54) is 13.8 Å². The lowest BCUT2D eigenvalue weighted by Crippen LogP contribution is -2.44. The van der Waals surface area contributed by atoms with Crippen molar-refractivity contribution < 1.29 is 76.4 Å². The number of quaternary nitrogens is 2. The number of carbonyl (C=O) groups excluding carboxylic acids is 6. The summed E-state index contributed by atoms with van der Waals surface area (Å²) in [7, 11) is 11.0. The van der Waals surface area contributed by atoms with Gasteiger partial charge in [-0.1, -0.05) is 13.8 Å². The van der Waals surface area contributed by atoms with Crippen LogP contribution in [0, 0.1) is 0 Å². The van der Waals surface area contributed by atoms with Crippen LogP contribution in [0.15, 0.2) is 0 Å². The minimum absolute atomic E-state index is 0.0697. The van der Waals surface area contributed by atoms with Crippen LogP contribution in [0.5, 0.6) is 0 Å². The highest BCUT2D eigenvalue weighted by atomic mass is 16.7. The number of nitrogens with zero attached hydrogens (tertiary/aromatic N) is 2. The van der Waals surface area contributed by atoms with Gasteiger partial charge in [-0.25, -0.2) is 9.59 Å². The first-order valence-corrected chi connectivity index (χ1v) is 13.3. The molecule has 42 heavy (non-hydrogen) atoms. The normalized spacial score (nSPS) is 14.6. The second-order valence-electron chi connectivity index (χ2n) is 11.2. The summed E-state index contributed by atoms with van der Waals surface area (Å²) < 4.78 is 31.1. The Morgan fingerprint density at radius 2 is 0.881 bits per heavy atom. The van der Waals surface area contributed by atoms with Crippen LogP contribution in [0.3, 0.4) is 0 Å². The molecule has 0 radical (unpaired) electrons. The molecule has 0 saturated heterocycles. The van der Waals surface area contributed by atoms with Gasteiger partial charge in [-0.3, -0.25) is 9.59 Å². The molecule has 0 aromatic heterocycles. The zero-order chi connectivity index (χ0) is 32.7. The Morgan fingerprint density at radius 1 is 0.571 bits per heavy atom. The predicted octanol–water partition coefficient (Wildman–Crippen LogP) is -2.91. The lowest BCUT2D eigenvalue weighted by molar-refractivity contribution is -0.870. The van der Waals surface area contributed by atoms with Crippen LogP contribution >= 0.6 is 0 Å². The summed E-state index contributed by atoms with van der Waals surface area (Å²) in [5, 5.41) is 22.3. The van der Waals surface area contributed by atoms with Gasteiger partial charge in [0.2, 0.25) is 0 Å². The molecule has 0 aromatic carbocycles. The van der Waals surface area contributed by atoms with Crippen LogP contribution in [0.2, 0.25) is 0 Å². The molecule has 0 bridgehead atoms. The average Bonchev–Trinajstić information content (AvgIpc) is 2.85. The van der Waals surface area contributed by atoms with Crippen LogP contribution in [0.25, 0.3) is 0 Å². The molecule has 0 N–H and O–H groups in total. The molecule has 0 aliphatic heterocycles. The maximum atomic E-state index is 12.5. The van der Waals surface area contributed by atoms with E-state index in [2.05, 4.69) is 0 Å². The molecule has 0 saturated carbocycles. The van der Waals surface area contributed by atoms with Crippen molar-refractivity contribution in [3.63, 3.8) is 0 Å². The molecule has 0 spiro atoms. The zero-order valence-electron chi connectivity index (χ0n) is 25.6. The SMILES string of the molecule is CCC(OC(=O)C(OCC[N+](C)(C)C)OC(=O)CCC(=O)OC(OCC[N+](C)(C)C)C(=O)OC(CC)C(=O)[O-])C(=O)[O-]. The lowest BCUT2D eigenvalue weighted by Gasteiger charge is -2.26. The predicted molar refractivity (Wildman–Crippen MR) is 137 cm³/mol. The highest BCUT2D eigenvalue weighted by molar-refractivity contribution is 5.84. The summed E-state index contributed by atoms with van der Waals surface area (Å²) in [4.78, 5) is 72.0. The molecule has 0 amide bonds. The van der Waals surface area contributed by atoms with Crippen LogP contribution in [-0.4, -0.2) is 138 Å². The van der Waals surface area contributed by atoms with Gasteiger partial charge in [0.05, 0.1) is 67.1 Å². The lowest BCUT2D eigenvalue weighted by atomic mass is 10.3. The number of likely N-dealkylation sites (N-methyl/N-ethyl adjacent to an activating group) is 2. The quantitative estimate of drug-likeness (QED) is 0.0555. The maximum absolute atomic E-state index is 12.5. The van der Waals surface area contributed by atoms with Crippen molar-refractivity contribution in [2.75, 3.05) is 68.6 Å². The molecular weight excluding hydrogens is 564 g/mol. The molecule has 16 nitrogen and oxygen atoms in total. The summed E-state index contributed by atoms with van der Waals surface area (Å²) in [5.74, 6) is -8.06. The van der Waals surface area contributed by atoms with E-state index in [-0.39, 0.29) is 26.1 Å². The van der Waals surface area contributed by atoms with E-state index in [4.69, 9.17) is 28.4 Å². The van der Waals surface area contributed by atoms with Crippen LogP contribution < -0.4 is 10.2 Å². The monoisotopic (exact) mass is 608 g/mol. The second-order valence-corrected chi connectivity index (χ2v) is 11.2. The van der Waals surface area contributed by atoms with Gasteiger partial charge in [-0.15, -0.1) is 0 Å². The first-order chi connectivity index (χ1) is 19.3. The van der Waals surface area contributed by atoms with E-state index in [1.54, 1.807) is 0 Å². The number of carboxylic acids is 2. The molecule has 242 valence electrons. The molecule has 0 aliphatic rings. The second kappa shape index (κ2) is 18.3. The summed E-state index contributed by atoms with van der Waals surface area (Å²) in [5.41, 5.74) is 0. The third-order valence-electron chi connectivity index (χ3n) is 5.24. The van der Waals surface area contributed by atoms with Crippen molar-refractivity contribution in [3.05, 3.63) is 0 Å². The fraction of sp³-hybridized carbons (Fsp3) is 0.769. The number of esters is 4. The Kier molecular flexibility index (Phi) is 16.8. The molecular formula is C26H44N2O14. The van der Waals surface area contributed by atoms with E-state index in [0.29, 0.717) is 22.1 Å². The van der Waals surface area contributed by atoms with Crippen LogP contribution in [0.1, 0.15) is 39.5 Å². The first-order valence-electron chi connectivity index (χ1n) is 13.3. The van der Waals surface area contributed by atoms with Crippen LogP contribution in [-0.2, 0) is 57.2 Å². The maximum Gasteiger partial charge on any atom is 0.377 e. The average molecular weight is 609 g/mol. The summed E-state index contributed by atoms with van der Waals surface area (Å²) in [6.45, 7) is 3.50. The standard InChI is InChI=1S/C26H44N2O14/c1-9-17(21(31)32)39-23(35)25(37-15-13-27(3,4)5)41-19(29)11-12-20(30)42-26(38-16-14-28(6,7)8)24(36)40-18(10-2)22(33)34/h17-18,25-26H,9-16H2,1-8H3. The van der Waals surface area contributed by atoms with Gasteiger partial charge >= 0.3 is 36.5 Å². The summed E-state index contributed by atoms with van der Waals surface area (Å²) in [6, 6.07) is 0. The van der Waals surface area contributed by atoms with E-state index < -0.39 is 73.4 Å². The summed E-state index contributed by atoms with van der Waals surface area (Å²) in [6.07, 6.45) is -8.56. The Morgan fingerprint density at radius 3 is 1.12 bits per heavy atom. The van der Waals surface area contributed by atoms with Crippen molar-refractivity contribution in [1.29, 1.82) is 0 Å². The Labute approximate surface area is 245 Å². The van der Waals surface area contributed by atoms with Gasteiger partial charge in [0.25, 0.3) is 0 Å². The Balaban J connectivity index is 5.34. The zero-order valence-corrected chi connectivity index (χ0v) is 25.6. The van der Waals surface area contributed by atoms with Crippen molar-refractivity contribution >= 4 is 35.8 Å². The molecule has 16 heteroatoms. The largest absolute Gasteiger partial charge is 0.546 e. The van der Waals surface area contributed by atoms with Crippen LogP contribution in [0.4, 0.5) is 0 Å². The van der Waals surface area contributed by atoms with Gasteiger partial charge in [-0.2, -0.15) is 0 Å². The minimum Gasteiger partial charge on any atom is -0.546 e. The highest BCUT2D eigenvalue weighted by Crippen LogP contribution is 2.10. The fourth-order valence-corrected chi connectivity index (χ4v) is 2.72. The molecule has 4 atom stereocenters. The van der Waals surface area contributed by atoms with Crippen molar-refractivity contribution in [3.8, 4) is 0 Å². The number of rotatable bonds is 21. The van der Waals surface area contributed by atoms with Gasteiger partial charge < -0.3 is 57.2 Å². The molecule has 0 aliphatic carbocycles. The van der Waals surface area contributed by atoms with E-state index in [1.807, 2.05) is 42.3 Å². The van der Waals surface area contributed by atoms with Crippen molar-refractivity contribution in [2.24, 2.45) is 0 Å². The Bertz CT molecular complexity index is 851. The Hall–Kier alpha value is -3.34. The first kappa shape index (κ1) is 38.7. The number of aliphatic carboxylic acids is 2. The third kappa shape index (κ3) is 17.5. The molecule has 0 rings (SSSR count). The third-order valence-corrected chi connectivity index (χ3v) is 5.24. The minimum atomic E-state index is -1.93. The smallest absolute Gasteiger partial charge is 0.377 e. The van der Waals surface area contributed by atoms with Crippen molar-refractivity contribution in [1.82, 2.24) is 0 Å². The van der Waals surface area contributed by atoms with E-state index in [0.717, 1.165) is 0 Å². The number of hydrogen-bond acceptors (Lipinski definition) is 14. The fourth-order valence-electron chi connectivity index (χ4n) is 2.72. The molecule has 0 fully saturated rings. The summed E-state index contributed by atoms with van der Waals surface area (Å²) >= 11 is 0. The number of ether oxygens (including phenoxy) is 6. The number of carboxylic acid groups (broad SMARTS) is 2. The van der Waals surface area contributed by atoms with Gasteiger partial charge in [0, 0.05) is 0 Å². The van der Waals surface area contributed by atoms with Gasteiger partial charge in [-0.05, 0) is 12.8 Å². The highest BCUT2D eigenvalue weighted by Gasteiger charge is 2.31. The number of hydrogen-bond donors (Lipinski definition) is 0. The van der Waals surface area contributed by atoms with Gasteiger partial charge in [0.15, 0.2) is 0 Å². The van der Waals surface area contributed by atoms with Crippen molar-refractivity contribution in [2.45, 2.75) is 64.3 Å². The molecule has 4 unspecified atom stereocenters.